The van der Waals surface area contributed by atoms with Gasteiger partial charge in [0.2, 0.25) is 10.0 Å². The molecule has 0 spiro atoms. The van der Waals surface area contributed by atoms with Crippen molar-refractivity contribution in [3.8, 4) is 0 Å². The number of ether oxygens (including phenoxy) is 1. The maximum Gasteiger partial charge on any atom is 0.243 e. The molecule has 0 saturated heterocycles. The van der Waals surface area contributed by atoms with Gasteiger partial charge in [0, 0.05) is 30.3 Å². The second-order valence-corrected chi connectivity index (χ2v) is 6.46. The Labute approximate surface area is 122 Å². The van der Waals surface area contributed by atoms with Gasteiger partial charge in [-0.1, -0.05) is 11.6 Å². The van der Waals surface area contributed by atoms with E-state index in [9.17, 15) is 12.8 Å². The lowest BCUT2D eigenvalue weighted by Gasteiger charge is -2.15. The van der Waals surface area contributed by atoms with Crippen molar-refractivity contribution >= 4 is 21.6 Å². The van der Waals surface area contributed by atoms with E-state index in [0.29, 0.717) is 13.0 Å². The SMILES string of the molecule is COCCC(C)NS(=O)(=O)c1cc(Cl)cc(CO)c1F. The Morgan fingerprint density at radius 2 is 2.15 bits per heavy atom. The summed E-state index contributed by atoms with van der Waals surface area (Å²) < 4.78 is 45.4. The first-order chi connectivity index (χ1) is 9.31. The van der Waals surface area contributed by atoms with Crippen LogP contribution < -0.4 is 4.72 Å². The van der Waals surface area contributed by atoms with E-state index in [1.54, 1.807) is 6.92 Å². The zero-order chi connectivity index (χ0) is 15.3. The van der Waals surface area contributed by atoms with Crippen LogP contribution in [0.2, 0.25) is 5.02 Å². The third-order valence-electron chi connectivity index (χ3n) is 2.65. The number of rotatable bonds is 7. The molecule has 8 heteroatoms. The van der Waals surface area contributed by atoms with Gasteiger partial charge in [0.1, 0.15) is 10.7 Å². The van der Waals surface area contributed by atoms with Gasteiger partial charge >= 0.3 is 0 Å². The predicted molar refractivity (Wildman–Crippen MR) is 73.6 cm³/mol. The first-order valence-corrected chi connectivity index (χ1v) is 7.78. The second-order valence-electron chi connectivity index (χ2n) is 4.34. The van der Waals surface area contributed by atoms with Crippen LogP contribution in [0.5, 0.6) is 0 Å². The van der Waals surface area contributed by atoms with E-state index >= 15 is 0 Å². The lowest BCUT2D eigenvalue weighted by molar-refractivity contribution is 0.188. The van der Waals surface area contributed by atoms with Crippen molar-refractivity contribution in [1.82, 2.24) is 4.72 Å². The molecule has 1 rings (SSSR count). The third kappa shape index (κ3) is 4.39. The fourth-order valence-corrected chi connectivity index (χ4v) is 3.34. The topological polar surface area (TPSA) is 75.6 Å². The molecule has 0 saturated carbocycles. The highest BCUT2D eigenvalue weighted by molar-refractivity contribution is 7.89. The minimum Gasteiger partial charge on any atom is -0.392 e. The number of aliphatic hydroxyl groups is 1. The van der Waals surface area contributed by atoms with E-state index in [1.165, 1.54) is 13.2 Å². The van der Waals surface area contributed by atoms with E-state index in [1.807, 2.05) is 0 Å². The summed E-state index contributed by atoms with van der Waals surface area (Å²) in [5, 5.41) is 9.04. The first-order valence-electron chi connectivity index (χ1n) is 5.92. The van der Waals surface area contributed by atoms with Crippen molar-refractivity contribution in [1.29, 1.82) is 0 Å². The summed E-state index contributed by atoms with van der Waals surface area (Å²) in [4.78, 5) is -0.571. The van der Waals surface area contributed by atoms with Crippen molar-refractivity contribution in [2.75, 3.05) is 13.7 Å². The standard InChI is InChI=1S/C12H17ClFNO4S/c1-8(3-4-19-2)15-20(17,18)11-6-10(13)5-9(7-16)12(11)14/h5-6,8,15-16H,3-4,7H2,1-2H3. The van der Waals surface area contributed by atoms with Crippen LogP contribution in [0, 0.1) is 5.82 Å². The molecule has 0 fully saturated rings. The number of hydrogen-bond donors (Lipinski definition) is 2. The van der Waals surface area contributed by atoms with Gasteiger partial charge in [-0.3, -0.25) is 0 Å². The maximum absolute atomic E-state index is 14.0. The van der Waals surface area contributed by atoms with Crippen LogP contribution in [-0.4, -0.2) is 33.3 Å². The predicted octanol–water partition coefficient (Wildman–Crippen LogP) is 1.67. The lowest BCUT2D eigenvalue weighted by atomic mass is 10.2. The molecular formula is C12H17ClFNO4S. The highest BCUT2D eigenvalue weighted by atomic mass is 35.5. The molecule has 1 aromatic rings. The molecule has 5 nitrogen and oxygen atoms in total. The van der Waals surface area contributed by atoms with Crippen LogP contribution in [-0.2, 0) is 21.4 Å². The Bertz CT molecular complexity index is 565. The van der Waals surface area contributed by atoms with Gasteiger partial charge < -0.3 is 9.84 Å². The van der Waals surface area contributed by atoms with Gasteiger partial charge in [-0.2, -0.15) is 0 Å². The Kier molecular flexibility index (Phi) is 6.35. The number of methoxy groups -OCH3 is 1. The number of sulfonamides is 1. The van der Waals surface area contributed by atoms with Crippen LogP contribution >= 0.6 is 11.6 Å². The summed E-state index contributed by atoms with van der Waals surface area (Å²) in [5.74, 6) is -0.997. The highest BCUT2D eigenvalue weighted by Crippen LogP contribution is 2.24. The molecule has 0 aliphatic heterocycles. The van der Waals surface area contributed by atoms with Crippen LogP contribution in [0.1, 0.15) is 18.9 Å². The third-order valence-corrected chi connectivity index (χ3v) is 4.46. The Morgan fingerprint density at radius 3 is 2.70 bits per heavy atom. The molecule has 20 heavy (non-hydrogen) atoms. The zero-order valence-corrected chi connectivity index (χ0v) is 12.8. The summed E-state index contributed by atoms with van der Waals surface area (Å²) in [6.45, 7) is 1.39. The fraction of sp³-hybridized carbons (Fsp3) is 0.500. The number of nitrogens with one attached hydrogen (secondary N) is 1. The molecule has 0 radical (unpaired) electrons. The number of halogens is 2. The quantitative estimate of drug-likeness (QED) is 0.799. The van der Waals surface area contributed by atoms with Gasteiger partial charge in [0.15, 0.2) is 0 Å². The van der Waals surface area contributed by atoms with Crippen LogP contribution in [0.3, 0.4) is 0 Å². The molecule has 0 aliphatic carbocycles. The maximum atomic E-state index is 14.0. The molecule has 0 amide bonds. The summed E-state index contributed by atoms with van der Waals surface area (Å²) >= 11 is 5.74. The van der Waals surface area contributed by atoms with Gasteiger partial charge in [-0.15, -0.1) is 0 Å². The summed E-state index contributed by atoms with van der Waals surface area (Å²) in [7, 11) is -2.55. The molecule has 0 aromatic heterocycles. The normalized spacial score (nSPS) is 13.4. The van der Waals surface area contributed by atoms with E-state index in [2.05, 4.69) is 4.72 Å². The molecule has 1 atom stereocenters. The first kappa shape index (κ1) is 17.3. The molecule has 0 heterocycles. The largest absolute Gasteiger partial charge is 0.392 e. The minimum absolute atomic E-state index is 0.0420. The fourth-order valence-electron chi connectivity index (χ4n) is 1.61. The van der Waals surface area contributed by atoms with E-state index in [-0.39, 0.29) is 10.6 Å². The Morgan fingerprint density at radius 1 is 1.50 bits per heavy atom. The molecule has 114 valence electrons. The van der Waals surface area contributed by atoms with Crippen molar-refractivity contribution in [3.63, 3.8) is 0 Å². The van der Waals surface area contributed by atoms with Crippen molar-refractivity contribution < 1.29 is 22.7 Å². The zero-order valence-electron chi connectivity index (χ0n) is 11.2. The van der Waals surface area contributed by atoms with Gasteiger partial charge in [0.05, 0.1) is 6.61 Å². The Balaban J connectivity index is 3.06. The molecule has 1 unspecified atom stereocenters. The van der Waals surface area contributed by atoms with E-state index in [0.717, 1.165) is 6.07 Å². The highest BCUT2D eigenvalue weighted by Gasteiger charge is 2.24. The van der Waals surface area contributed by atoms with Crippen LogP contribution in [0.15, 0.2) is 17.0 Å². The van der Waals surface area contributed by atoms with Gasteiger partial charge in [-0.05, 0) is 25.5 Å². The van der Waals surface area contributed by atoms with Crippen LogP contribution in [0.4, 0.5) is 4.39 Å². The number of benzene rings is 1. The number of aliphatic hydroxyl groups excluding tert-OH is 1. The average Bonchev–Trinajstić information content (AvgIpc) is 2.37. The van der Waals surface area contributed by atoms with Crippen LogP contribution in [0.25, 0.3) is 0 Å². The molecular weight excluding hydrogens is 309 g/mol. The second kappa shape index (κ2) is 7.33. The molecule has 2 N–H and O–H groups in total. The Hall–Kier alpha value is -0.730. The molecule has 0 aliphatic rings. The molecule has 1 aromatic carbocycles. The van der Waals surface area contributed by atoms with Crippen molar-refractivity contribution in [3.05, 3.63) is 28.5 Å². The van der Waals surface area contributed by atoms with Gasteiger partial charge in [-0.25, -0.2) is 17.5 Å². The summed E-state index contributed by atoms with van der Waals surface area (Å²) in [6, 6.07) is 1.78. The van der Waals surface area contributed by atoms with Crippen molar-refractivity contribution in [2.24, 2.45) is 0 Å². The summed E-state index contributed by atoms with van der Waals surface area (Å²) in [5.41, 5.74) is -0.164. The smallest absolute Gasteiger partial charge is 0.243 e. The monoisotopic (exact) mass is 325 g/mol. The van der Waals surface area contributed by atoms with E-state index in [4.69, 9.17) is 21.4 Å². The van der Waals surface area contributed by atoms with Crippen molar-refractivity contribution in [2.45, 2.75) is 30.9 Å². The minimum atomic E-state index is -4.05. The van der Waals surface area contributed by atoms with E-state index < -0.39 is 33.4 Å². The molecule has 0 bridgehead atoms. The lowest BCUT2D eigenvalue weighted by Crippen LogP contribution is -2.34. The number of hydrogen-bond acceptors (Lipinski definition) is 4. The van der Waals surface area contributed by atoms with Gasteiger partial charge in [0.25, 0.3) is 0 Å². The average molecular weight is 326 g/mol. The summed E-state index contributed by atoms with van der Waals surface area (Å²) in [6.07, 6.45) is 0.449.